The summed E-state index contributed by atoms with van der Waals surface area (Å²) in [6.45, 7) is 2.18. The van der Waals surface area contributed by atoms with Gasteiger partial charge in [0, 0.05) is 18.1 Å². The second kappa shape index (κ2) is 8.61. The van der Waals surface area contributed by atoms with E-state index in [-0.39, 0.29) is 11.3 Å². The van der Waals surface area contributed by atoms with Gasteiger partial charge in [0.2, 0.25) is 5.91 Å². The summed E-state index contributed by atoms with van der Waals surface area (Å²) in [5.41, 5.74) is 1.13. The van der Waals surface area contributed by atoms with E-state index < -0.39 is 24.0 Å². The van der Waals surface area contributed by atoms with Crippen molar-refractivity contribution >= 4 is 34.4 Å². The highest BCUT2D eigenvalue weighted by atomic mass is 16.5. The molecule has 1 aromatic carbocycles. The predicted octanol–water partition coefficient (Wildman–Crippen LogP) is 4.31. The van der Waals surface area contributed by atoms with Crippen LogP contribution in [0.4, 0.5) is 5.69 Å². The number of carbonyl (C=O) groups excluding carboxylic acids is 3. The minimum atomic E-state index is -0.966. The summed E-state index contributed by atoms with van der Waals surface area (Å²) in [4.78, 5) is 46.0. The molecule has 4 aliphatic carbocycles. The van der Waals surface area contributed by atoms with E-state index >= 15 is 0 Å². The number of rotatable bonds is 5. The van der Waals surface area contributed by atoms with Crippen molar-refractivity contribution in [2.45, 2.75) is 70.4 Å². The number of ether oxygens (including phenoxy) is 1. The lowest BCUT2D eigenvalue weighted by Crippen LogP contribution is -2.56. The first-order valence-electron chi connectivity index (χ1n) is 13.1. The second-order valence-corrected chi connectivity index (χ2v) is 11.3. The van der Waals surface area contributed by atoms with Crippen LogP contribution in [0.3, 0.4) is 0 Å². The van der Waals surface area contributed by atoms with E-state index in [0.717, 1.165) is 36.6 Å². The zero-order valence-electron chi connectivity index (χ0n) is 20.2. The number of nitrogens with zero attached hydrogens (tertiary/aromatic N) is 2. The Morgan fingerprint density at radius 2 is 1.77 bits per heavy atom. The molecule has 2 amide bonds. The molecular weight excluding hydrogens is 442 g/mol. The largest absolute Gasteiger partial charge is 0.451 e. The number of amides is 2. The summed E-state index contributed by atoms with van der Waals surface area (Å²) in [7, 11) is 0. The molecule has 35 heavy (non-hydrogen) atoms. The van der Waals surface area contributed by atoms with E-state index in [1.165, 1.54) is 19.3 Å². The maximum Gasteiger partial charge on any atom is 0.329 e. The van der Waals surface area contributed by atoms with Gasteiger partial charge in [-0.1, -0.05) is 6.07 Å². The van der Waals surface area contributed by atoms with Crippen LogP contribution < -0.4 is 5.32 Å². The molecule has 2 unspecified atom stereocenters. The third kappa shape index (κ3) is 3.99. The Kier molecular flexibility index (Phi) is 5.53. The topological polar surface area (TPSA) is 88.6 Å². The number of carbonyl (C=O) groups is 3. The quantitative estimate of drug-likeness (QED) is 0.651. The van der Waals surface area contributed by atoms with Crippen molar-refractivity contribution < 1.29 is 19.1 Å². The molecule has 2 heterocycles. The lowest BCUT2D eigenvalue weighted by atomic mass is 9.49. The third-order valence-corrected chi connectivity index (χ3v) is 8.84. The van der Waals surface area contributed by atoms with Gasteiger partial charge in [0.25, 0.3) is 5.91 Å². The summed E-state index contributed by atoms with van der Waals surface area (Å²) < 4.78 is 5.62. The normalized spacial score (nSPS) is 32.0. The van der Waals surface area contributed by atoms with Gasteiger partial charge in [-0.2, -0.15) is 0 Å². The number of anilines is 1. The van der Waals surface area contributed by atoms with Gasteiger partial charge in [-0.05, 0) is 100 Å². The minimum absolute atomic E-state index is 0.163. The SMILES string of the molecule is CC(OC(=O)C1CCCN1C(=O)C12CC3CC(CC(C3)C1)C2)C(=O)Nc1cccc2ncccc12. The van der Waals surface area contributed by atoms with Crippen LogP contribution >= 0.6 is 0 Å². The zero-order chi connectivity index (χ0) is 24.2. The molecule has 5 aliphatic rings. The number of esters is 1. The standard InChI is InChI=1S/C28H33N3O4/c1-17(25(32)30-23-7-2-6-22-21(23)5-3-9-29-22)35-26(33)24-8-4-10-31(24)27(34)28-14-18-11-19(15-28)13-20(12-18)16-28/h2-3,5-7,9,17-20,24H,4,8,10-16H2,1H3,(H,30,32). The summed E-state index contributed by atoms with van der Waals surface area (Å²) in [5, 5.41) is 3.69. The van der Waals surface area contributed by atoms with Crippen molar-refractivity contribution in [3.63, 3.8) is 0 Å². The van der Waals surface area contributed by atoms with Crippen LogP contribution in [0.15, 0.2) is 36.5 Å². The summed E-state index contributed by atoms with van der Waals surface area (Å²) in [6, 6.07) is 8.63. The molecule has 7 nitrogen and oxygen atoms in total. The molecule has 184 valence electrons. The molecule has 5 fully saturated rings. The molecule has 0 spiro atoms. The van der Waals surface area contributed by atoms with Gasteiger partial charge in [-0.15, -0.1) is 0 Å². The van der Waals surface area contributed by atoms with Crippen LogP contribution in [0.2, 0.25) is 0 Å². The van der Waals surface area contributed by atoms with E-state index in [2.05, 4.69) is 10.3 Å². The van der Waals surface area contributed by atoms with Crippen molar-refractivity contribution in [1.82, 2.24) is 9.88 Å². The van der Waals surface area contributed by atoms with Crippen LogP contribution in [0, 0.1) is 23.2 Å². The van der Waals surface area contributed by atoms with E-state index in [9.17, 15) is 14.4 Å². The van der Waals surface area contributed by atoms with Crippen LogP contribution in [-0.4, -0.2) is 46.4 Å². The lowest BCUT2D eigenvalue weighted by molar-refractivity contribution is -0.168. The van der Waals surface area contributed by atoms with E-state index in [4.69, 9.17) is 4.74 Å². The number of benzene rings is 1. The Morgan fingerprint density at radius 1 is 1.06 bits per heavy atom. The van der Waals surface area contributed by atoms with Crippen molar-refractivity contribution in [1.29, 1.82) is 0 Å². The summed E-state index contributed by atoms with van der Waals surface area (Å²) >= 11 is 0. The van der Waals surface area contributed by atoms with Crippen LogP contribution in [0.25, 0.3) is 10.9 Å². The van der Waals surface area contributed by atoms with Crippen molar-refractivity contribution in [3.8, 4) is 0 Å². The average molecular weight is 476 g/mol. The Morgan fingerprint density at radius 3 is 2.49 bits per heavy atom. The Bertz CT molecular complexity index is 1140. The fraction of sp³-hybridized carbons (Fsp3) is 0.571. The Hall–Kier alpha value is -2.96. The zero-order valence-corrected chi connectivity index (χ0v) is 20.2. The molecule has 4 saturated carbocycles. The van der Waals surface area contributed by atoms with Gasteiger partial charge in [0.05, 0.1) is 16.6 Å². The number of aromatic nitrogens is 1. The molecule has 1 saturated heterocycles. The highest BCUT2D eigenvalue weighted by Crippen LogP contribution is 2.60. The van der Waals surface area contributed by atoms with Crippen LogP contribution in [0.1, 0.15) is 58.3 Å². The van der Waals surface area contributed by atoms with Crippen molar-refractivity contribution in [2.75, 3.05) is 11.9 Å². The summed E-state index contributed by atoms with van der Waals surface area (Å²) in [6.07, 6.45) is 8.90. The van der Waals surface area contributed by atoms with Gasteiger partial charge in [-0.3, -0.25) is 14.6 Å². The number of likely N-dealkylation sites (tertiary alicyclic amines) is 1. The molecule has 7 rings (SSSR count). The van der Waals surface area contributed by atoms with E-state index in [1.807, 2.05) is 24.3 Å². The fourth-order valence-corrected chi connectivity index (χ4v) is 7.69. The fourth-order valence-electron chi connectivity index (χ4n) is 7.69. The maximum atomic E-state index is 13.8. The summed E-state index contributed by atoms with van der Waals surface area (Å²) in [5.74, 6) is 1.31. The molecule has 4 bridgehead atoms. The van der Waals surface area contributed by atoms with Gasteiger partial charge in [-0.25, -0.2) is 4.79 Å². The number of nitrogens with one attached hydrogen (secondary N) is 1. The number of hydrogen-bond acceptors (Lipinski definition) is 5. The molecule has 2 aromatic rings. The monoisotopic (exact) mass is 475 g/mol. The number of hydrogen-bond donors (Lipinski definition) is 1. The van der Waals surface area contributed by atoms with Gasteiger partial charge in [0.1, 0.15) is 6.04 Å². The number of pyridine rings is 1. The van der Waals surface area contributed by atoms with Gasteiger partial charge >= 0.3 is 5.97 Å². The smallest absolute Gasteiger partial charge is 0.329 e. The first kappa shape index (κ1) is 22.5. The molecule has 1 aliphatic heterocycles. The Labute approximate surface area is 205 Å². The highest BCUT2D eigenvalue weighted by molar-refractivity contribution is 6.03. The maximum absolute atomic E-state index is 13.8. The van der Waals surface area contributed by atoms with Gasteiger partial charge in [0.15, 0.2) is 6.10 Å². The Balaban J connectivity index is 1.12. The first-order chi connectivity index (χ1) is 16.9. The number of fused-ring (bicyclic) bond motifs is 1. The second-order valence-electron chi connectivity index (χ2n) is 11.3. The van der Waals surface area contributed by atoms with Crippen molar-refractivity contribution in [2.24, 2.45) is 23.2 Å². The van der Waals surface area contributed by atoms with Crippen LogP contribution in [-0.2, 0) is 19.1 Å². The third-order valence-electron chi connectivity index (χ3n) is 8.84. The molecule has 1 N–H and O–H groups in total. The minimum Gasteiger partial charge on any atom is -0.451 e. The average Bonchev–Trinajstić information content (AvgIpc) is 3.33. The first-order valence-corrected chi connectivity index (χ1v) is 13.1. The van der Waals surface area contributed by atoms with E-state index in [1.54, 1.807) is 24.1 Å². The van der Waals surface area contributed by atoms with Crippen LogP contribution in [0.5, 0.6) is 0 Å². The molecule has 2 atom stereocenters. The molecule has 7 heteroatoms. The molecular formula is C28H33N3O4. The predicted molar refractivity (Wildman–Crippen MR) is 131 cm³/mol. The van der Waals surface area contributed by atoms with E-state index in [0.29, 0.717) is 36.4 Å². The van der Waals surface area contributed by atoms with Gasteiger partial charge < -0.3 is 15.0 Å². The van der Waals surface area contributed by atoms with Crippen molar-refractivity contribution in [3.05, 3.63) is 36.5 Å². The lowest BCUT2D eigenvalue weighted by Gasteiger charge is -2.56. The molecule has 0 radical (unpaired) electrons. The highest BCUT2D eigenvalue weighted by Gasteiger charge is 2.57. The molecule has 1 aromatic heterocycles.